The lowest BCUT2D eigenvalue weighted by molar-refractivity contribution is 0.550. The summed E-state index contributed by atoms with van der Waals surface area (Å²) >= 11 is 0. The maximum absolute atomic E-state index is 13.7. The first-order valence-corrected chi connectivity index (χ1v) is 7.13. The van der Waals surface area contributed by atoms with E-state index in [1.165, 1.54) is 31.3 Å². The van der Waals surface area contributed by atoms with Gasteiger partial charge in [-0.1, -0.05) is 36.6 Å². The highest BCUT2D eigenvalue weighted by Crippen LogP contribution is 2.29. The van der Waals surface area contributed by atoms with Crippen LogP contribution in [0.4, 0.5) is 4.39 Å². The predicted octanol–water partition coefficient (Wildman–Crippen LogP) is 3.92. The molecule has 0 saturated carbocycles. The number of hydrazine groups is 1. The molecule has 1 aromatic rings. The third kappa shape index (κ3) is 3.64. The Morgan fingerprint density at radius 1 is 1.21 bits per heavy atom. The van der Waals surface area contributed by atoms with E-state index in [0.717, 1.165) is 18.4 Å². The van der Waals surface area contributed by atoms with Crippen LogP contribution in [0, 0.1) is 12.7 Å². The molecule has 0 radical (unpaired) electrons. The van der Waals surface area contributed by atoms with Gasteiger partial charge in [-0.15, -0.1) is 0 Å². The van der Waals surface area contributed by atoms with E-state index in [1.807, 2.05) is 12.1 Å². The maximum atomic E-state index is 13.7. The van der Waals surface area contributed by atoms with Crippen molar-refractivity contribution < 1.29 is 4.39 Å². The zero-order chi connectivity index (χ0) is 13.7. The van der Waals surface area contributed by atoms with Gasteiger partial charge in [-0.25, -0.2) is 9.82 Å². The van der Waals surface area contributed by atoms with Crippen LogP contribution in [0.25, 0.3) is 0 Å². The van der Waals surface area contributed by atoms with Crippen LogP contribution in [0.3, 0.4) is 0 Å². The minimum atomic E-state index is -0.163. The summed E-state index contributed by atoms with van der Waals surface area (Å²) in [6.45, 7) is 1.78. The van der Waals surface area contributed by atoms with Crippen molar-refractivity contribution in [1.82, 2.24) is 5.43 Å². The molecule has 0 amide bonds. The van der Waals surface area contributed by atoms with Crippen molar-refractivity contribution in [3.05, 3.63) is 46.8 Å². The number of rotatable bonds is 3. The standard InChI is InChI=1S/C16H23FN2/c1-12-9-10-14(11-15(12)17)16(19-18)13-7-5-3-2-4-6-8-13/h7,9-11,16,19H,2-6,8,18H2,1H3/b13-7+. The lowest BCUT2D eigenvalue weighted by atomic mass is 9.91. The van der Waals surface area contributed by atoms with Crippen molar-refractivity contribution >= 4 is 0 Å². The van der Waals surface area contributed by atoms with Crippen molar-refractivity contribution in [1.29, 1.82) is 0 Å². The molecular formula is C16H23FN2. The second-order valence-corrected chi connectivity index (χ2v) is 5.34. The van der Waals surface area contributed by atoms with Gasteiger partial charge in [-0.05, 0) is 49.8 Å². The Kier molecular flexibility index (Phi) is 5.11. The largest absolute Gasteiger partial charge is 0.271 e. The zero-order valence-corrected chi connectivity index (χ0v) is 11.6. The zero-order valence-electron chi connectivity index (χ0n) is 11.6. The molecular weight excluding hydrogens is 239 g/mol. The Morgan fingerprint density at radius 3 is 2.74 bits per heavy atom. The Bertz CT molecular complexity index is 454. The van der Waals surface area contributed by atoms with E-state index in [-0.39, 0.29) is 11.9 Å². The third-order valence-corrected chi connectivity index (χ3v) is 3.89. The SMILES string of the molecule is Cc1ccc(C(NN)/C2=C/CCCCCC2)cc1F. The first-order chi connectivity index (χ1) is 9.22. The molecule has 1 unspecified atom stereocenters. The first kappa shape index (κ1) is 14.2. The van der Waals surface area contributed by atoms with E-state index < -0.39 is 0 Å². The quantitative estimate of drug-likeness (QED) is 0.492. The van der Waals surface area contributed by atoms with Gasteiger partial charge in [0.25, 0.3) is 0 Å². The molecule has 1 aliphatic rings. The fraction of sp³-hybridized carbons (Fsp3) is 0.500. The molecule has 2 rings (SSSR count). The number of hydrogen-bond acceptors (Lipinski definition) is 2. The highest BCUT2D eigenvalue weighted by Gasteiger charge is 2.16. The molecule has 0 aliphatic heterocycles. The number of hydrogen-bond donors (Lipinski definition) is 2. The highest BCUT2D eigenvalue weighted by atomic mass is 19.1. The summed E-state index contributed by atoms with van der Waals surface area (Å²) in [7, 11) is 0. The summed E-state index contributed by atoms with van der Waals surface area (Å²) in [6, 6.07) is 5.31. The van der Waals surface area contributed by atoms with Gasteiger partial charge in [0.1, 0.15) is 5.82 Å². The molecule has 3 heteroatoms. The average molecular weight is 262 g/mol. The van der Waals surface area contributed by atoms with Gasteiger partial charge in [0.15, 0.2) is 0 Å². The Morgan fingerprint density at radius 2 is 2.00 bits per heavy atom. The summed E-state index contributed by atoms with van der Waals surface area (Å²) in [5, 5.41) is 0. The summed E-state index contributed by atoms with van der Waals surface area (Å²) in [6.07, 6.45) is 9.44. The molecule has 0 spiro atoms. The molecule has 3 N–H and O–H groups in total. The fourth-order valence-electron chi connectivity index (χ4n) is 2.68. The normalized spacial score (nSPS) is 21.1. The minimum absolute atomic E-state index is 0.0619. The summed E-state index contributed by atoms with van der Waals surface area (Å²) in [4.78, 5) is 0. The topological polar surface area (TPSA) is 38.0 Å². The second kappa shape index (κ2) is 6.83. The number of allylic oxidation sites excluding steroid dienone is 1. The monoisotopic (exact) mass is 262 g/mol. The highest BCUT2D eigenvalue weighted by molar-refractivity contribution is 5.31. The minimum Gasteiger partial charge on any atom is -0.271 e. The molecule has 1 aliphatic carbocycles. The number of nitrogens with one attached hydrogen (secondary N) is 1. The number of nitrogens with two attached hydrogens (primary N) is 1. The van der Waals surface area contributed by atoms with Crippen LogP contribution in [0.15, 0.2) is 29.8 Å². The van der Waals surface area contributed by atoms with Crippen LogP contribution >= 0.6 is 0 Å². The van der Waals surface area contributed by atoms with E-state index in [9.17, 15) is 4.39 Å². The molecule has 0 saturated heterocycles. The Balaban J connectivity index is 2.24. The van der Waals surface area contributed by atoms with Crippen molar-refractivity contribution in [2.45, 2.75) is 51.5 Å². The molecule has 1 aromatic carbocycles. The van der Waals surface area contributed by atoms with E-state index in [2.05, 4.69) is 11.5 Å². The third-order valence-electron chi connectivity index (χ3n) is 3.89. The van der Waals surface area contributed by atoms with Crippen LogP contribution in [0.5, 0.6) is 0 Å². The fourth-order valence-corrected chi connectivity index (χ4v) is 2.68. The summed E-state index contributed by atoms with van der Waals surface area (Å²) < 4.78 is 13.7. The molecule has 0 bridgehead atoms. The van der Waals surface area contributed by atoms with Crippen LogP contribution in [0.2, 0.25) is 0 Å². The molecule has 0 fully saturated rings. The number of aryl methyl sites for hydroxylation is 1. The Hall–Kier alpha value is -1.19. The number of benzene rings is 1. The van der Waals surface area contributed by atoms with Gasteiger partial charge in [-0.3, -0.25) is 5.84 Å². The van der Waals surface area contributed by atoms with Crippen molar-refractivity contribution in [2.24, 2.45) is 5.84 Å². The molecule has 2 nitrogen and oxygen atoms in total. The first-order valence-electron chi connectivity index (χ1n) is 7.13. The van der Waals surface area contributed by atoms with Gasteiger partial charge in [0.05, 0.1) is 6.04 Å². The lowest BCUT2D eigenvalue weighted by Crippen LogP contribution is -2.29. The average Bonchev–Trinajstić information content (AvgIpc) is 2.36. The van der Waals surface area contributed by atoms with E-state index >= 15 is 0 Å². The molecule has 0 heterocycles. The van der Waals surface area contributed by atoms with Crippen LogP contribution < -0.4 is 11.3 Å². The second-order valence-electron chi connectivity index (χ2n) is 5.34. The van der Waals surface area contributed by atoms with Gasteiger partial charge < -0.3 is 0 Å². The lowest BCUT2D eigenvalue weighted by Gasteiger charge is -2.22. The van der Waals surface area contributed by atoms with E-state index in [1.54, 1.807) is 13.0 Å². The van der Waals surface area contributed by atoms with Gasteiger partial charge >= 0.3 is 0 Å². The van der Waals surface area contributed by atoms with E-state index in [0.29, 0.717) is 5.56 Å². The number of halogens is 1. The van der Waals surface area contributed by atoms with Crippen LogP contribution in [0.1, 0.15) is 55.7 Å². The van der Waals surface area contributed by atoms with Crippen molar-refractivity contribution in [2.75, 3.05) is 0 Å². The summed E-state index contributed by atoms with van der Waals surface area (Å²) in [5.41, 5.74) is 5.73. The van der Waals surface area contributed by atoms with E-state index in [4.69, 9.17) is 5.84 Å². The molecule has 104 valence electrons. The molecule has 1 atom stereocenters. The van der Waals surface area contributed by atoms with Gasteiger partial charge in [0, 0.05) is 0 Å². The Labute approximate surface area is 114 Å². The van der Waals surface area contributed by atoms with Crippen LogP contribution in [-0.2, 0) is 0 Å². The molecule has 19 heavy (non-hydrogen) atoms. The van der Waals surface area contributed by atoms with Crippen molar-refractivity contribution in [3.8, 4) is 0 Å². The van der Waals surface area contributed by atoms with Crippen LogP contribution in [-0.4, -0.2) is 0 Å². The summed E-state index contributed by atoms with van der Waals surface area (Å²) in [5.74, 6) is 5.54. The smallest absolute Gasteiger partial charge is 0.126 e. The van der Waals surface area contributed by atoms with Crippen molar-refractivity contribution in [3.63, 3.8) is 0 Å². The van der Waals surface area contributed by atoms with Gasteiger partial charge in [-0.2, -0.15) is 0 Å². The van der Waals surface area contributed by atoms with Gasteiger partial charge in [0.2, 0.25) is 0 Å². The predicted molar refractivity (Wildman–Crippen MR) is 77.0 cm³/mol. The maximum Gasteiger partial charge on any atom is 0.126 e. The molecule has 0 aromatic heterocycles.